The van der Waals surface area contributed by atoms with Crippen molar-refractivity contribution in [1.29, 1.82) is 0 Å². The monoisotopic (exact) mass is 332 g/mol. The van der Waals surface area contributed by atoms with E-state index in [1.165, 1.54) is 23.8 Å². The van der Waals surface area contributed by atoms with Crippen LogP contribution in [0.1, 0.15) is 40.5 Å². The third-order valence-electron chi connectivity index (χ3n) is 4.58. The second kappa shape index (κ2) is 6.20. The number of likely N-dealkylation sites (tertiary alicyclic amines) is 1. The van der Waals surface area contributed by atoms with Crippen LogP contribution in [0.2, 0.25) is 0 Å². The minimum atomic E-state index is -0.647. The molecule has 1 fully saturated rings. The molecule has 2 heterocycles. The lowest BCUT2D eigenvalue weighted by Crippen LogP contribution is -2.37. The molecule has 0 saturated carbocycles. The molecule has 0 radical (unpaired) electrons. The molecule has 2 aliphatic heterocycles. The molecule has 1 atom stereocenters. The van der Waals surface area contributed by atoms with Gasteiger partial charge in [-0.15, -0.1) is 0 Å². The Balaban J connectivity index is 1.78. The zero-order valence-corrected chi connectivity index (χ0v) is 13.5. The first-order chi connectivity index (χ1) is 11.4. The average molecular weight is 332 g/mol. The number of carbonyl (C=O) groups is 2. The number of amides is 2. The molecule has 3 rings (SSSR count). The smallest absolute Gasteiger partial charge is 0.292 e. The summed E-state index contributed by atoms with van der Waals surface area (Å²) in [5.41, 5.74) is 5.39. The van der Waals surface area contributed by atoms with Crippen molar-refractivity contribution in [3.05, 3.63) is 33.4 Å². The first-order valence-corrected chi connectivity index (χ1v) is 8.05. The van der Waals surface area contributed by atoms with E-state index in [9.17, 15) is 19.7 Å². The van der Waals surface area contributed by atoms with Gasteiger partial charge in [-0.25, -0.2) is 0 Å². The molecular formula is C16H20N4O4. The largest absolute Gasteiger partial charge is 0.393 e. The van der Waals surface area contributed by atoms with Crippen molar-refractivity contribution in [2.45, 2.75) is 19.8 Å². The van der Waals surface area contributed by atoms with Crippen LogP contribution in [0.5, 0.6) is 0 Å². The number of anilines is 1. The molecule has 2 aliphatic rings. The predicted octanol–water partition coefficient (Wildman–Crippen LogP) is 1.50. The fraction of sp³-hybridized carbons (Fsp3) is 0.500. The van der Waals surface area contributed by atoms with Crippen LogP contribution in [-0.2, 0) is 0 Å². The van der Waals surface area contributed by atoms with E-state index in [-0.39, 0.29) is 28.4 Å². The molecular weight excluding hydrogens is 312 g/mol. The molecule has 0 aromatic heterocycles. The van der Waals surface area contributed by atoms with E-state index in [4.69, 9.17) is 5.73 Å². The number of nitrogen functional groups attached to an aromatic ring is 1. The number of nitrogens with zero attached hydrogens (tertiary/aromatic N) is 3. The van der Waals surface area contributed by atoms with Gasteiger partial charge in [0.25, 0.3) is 17.5 Å². The molecule has 128 valence electrons. The maximum atomic E-state index is 12.5. The molecule has 2 amide bonds. The van der Waals surface area contributed by atoms with E-state index < -0.39 is 16.7 Å². The lowest BCUT2D eigenvalue weighted by Gasteiger charge is -2.23. The predicted molar refractivity (Wildman–Crippen MR) is 87.7 cm³/mol. The molecule has 1 aromatic carbocycles. The number of hydrogen-bond donors (Lipinski definition) is 1. The van der Waals surface area contributed by atoms with Gasteiger partial charge in [0, 0.05) is 19.2 Å². The van der Waals surface area contributed by atoms with Gasteiger partial charge in [-0.2, -0.15) is 0 Å². The Morgan fingerprint density at radius 3 is 2.33 bits per heavy atom. The molecule has 8 heteroatoms. The highest BCUT2D eigenvalue weighted by atomic mass is 16.6. The van der Waals surface area contributed by atoms with E-state index in [1.807, 2.05) is 6.92 Å². The highest BCUT2D eigenvalue weighted by Gasteiger charge is 2.38. The van der Waals surface area contributed by atoms with Crippen molar-refractivity contribution in [3.63, 3.8) is 0 Å². The quantitative estimate of drug-likeness (QED) is 0.379. The van der Waals surface area contributed by atoms with Crippen LogP contribution in [0.25, 0.3) is 0 Å². The van der Waals surface area contributed by atoms with Gasteiger partial charge in [0.05, 0.1) is 16.1 Å². The summed E-state index contributed by atoms with van der Waals surface area (Å²) < 4.78 is 0. The summed E-state index contributed by atoms with van der Waals surface area (Å²) in [6, 6.07) is 2.34. The molecule has 2 N–H and O–H groups in total. The molecule has 1 saturated heterocycles. The minimum absolute atomic E-state index is 0.0641. The third-order valence-corrected chi connectivity index (χ3v) is 4.58. The molecule has 8 nitrogen and oxygen atoms in total. The van der Waals surface area contributed by atoms with Crippen molar-refractivity contribution in [2.75, 3.05) is 31.9 Å². The lowest BCUT2D eigenvalue weighted by molar-refractivity contribution is -0.383. The summed E-state index contributed by atoms with van der Waals surface area (Å²) in [6.07, 6.45) is 2.37. The molecule has 0 aliphatic carbocycles. The van der Waals surface area contributed by atoms with Crippen LogP contribution in [0.3, 0.4) is 0 Å². The number of nitro groups is 1. The first kappa shape index (κ1) is 16.4. The van der Waals surface area contributed by atoms with Crippen LogP contribution >= 0.6 is 0 Å². The standard InChI is InChI=1S/C16H20N4O4/c1-10(8-18-4-2-3-5-18)9-19-15(21)11-6-13(17)14(20(23)24)7-12(11)16(19)22/h6-7,10H,2-5,8-9,17H2,1H3. The summed E-state index contributed by atoms with van der Waals surface area (Å²) in [6.45, 7) is 5.23. The van der Waals surface area contributed by atoms with Gasteiger partial charge in [-0.05, 0) is 37.9 Å². The van der Waals surface area contributed by atoms with Crippen molar-refractivity contribution in [3.8, 4) is 0 Å². The van der Waals surface area contributed by atoms with Crippen LogP contribution in [0.4, 0.5) is 11.4 Å². The summed E-state index contributed by atoms with van der Waals surface area (Å²) in [5, 5.41) is 11.0. The maximum absolute atomic E-state index is 12.5. The zero-order chi connectivity index (χ0) is 17.4. The molecule has 0 bridgehead atoms. The molecule has 0 spiro atoms. The summed E-state index contributed by atoms with van der Waals surface area (Å²) in [5.74, 6) is -0.770. The van der Waals surface area contributed by atoms with Gasteiger partial charge < -0.3 is 10.6 Å². The van der Waals surface area contributed by atoms with Crippen molar-refractivity contribution < 1.29 is 14.5 Å². The van der Waals surface area contributed by atoms with Crippen LogP contribution in [-0.4, -0.2) is 52.7 Å². The van der Waals surface area contributed by atoms with Crippen molar-refractivity contribution in [1.82, 2.24) is 9.80 Å². The normalized spacial score (nSPS) is 19.0. The van der Waals surface area contributed by atoms with E-state index in [0.29, 0.717) is 6.54 Å². The highest BCUT2D eigenvalue weighted by Crippen LogP contribution is 2.32. The topological polar surface area (TPSA) is 110 Å². The van der Waals surface area contributed by atoms with Gasteiger partial charge in [-0.3, -0.25) is 24.6 Å². The fourth-order valence-electron chi connectivity index (χ4n) is 3.44. The zero-order valence-electron chi connectivity index (χ0n) is 13.5. The Labute approximate surface area is 139 Å². The number of nitro benzene ring substituents is 1. The number of hydrogen-bond acceptors (Lipinski definition) is 6. The van der Waals surface area contributed by atoms with Crippen molar-refractivity contribution in [2.24, 2.45) is 5.92 Å². The number of fused-ring (bicyclic) bond motifs is 1. The van der Waals surface area contributed by atoms with Gasteiger partial charge in [0.15, 0.2) is 0 Å². The van der Waals surface area contributed by atoms with E-state index in [1.54, 1.807) is 0 Å². The van der Waals surface area contributed by atoms with E-state index >= 15 is 0 Å². The fourth-order valence-corrected chi connectivity index (χ4v) is 3.44. The van der Waals surface area contributed by atoms with Crippen LogP contribution < -0.4 is 5.73 Å². The first-order valence-electron chi connectivity index (χ1n) is 8.05. The second-order valence-electron chi connectivity index (χ2n) is 6.55. The van der Waals surface area contributed by atoms with Crippen molar-refractivity contribution >= 4 is 23.2 Å². The number of carbonyl (C=O) groups excluding carboxylic acids is 2. The minimum Gasteiger partial charge on any atom is -0.393 e. The second-order valence-corrected chi connectivity index (χ2v) is 6.55. The number of nitrogens with two attached hydrogens (primary N) is 1. The molecule has 24 heavy (non-hydrogen) atoms. The molecule has 1 aromatic rings. The Hall–Kier alpha value is -2.48. The summed E-state index contributed by atoms with van der Waals surface area (Å²) in [7, 11) is 0. The van der Waals surface area contributed by atoms with Crippen LogP contribution in [0, 0.1) is 16.0 Å². The number of rotatable bonds is 5. The maximum Gasteiger partial charge on any atom is 0.292 e. The summed E-state index contributed by atoms with van der Waals surface area (Å²) >= 11 is 0. The average Bonchev–Trinajstić information content (AvgIpc) is 3.10. The van der Waals surface area contributed by atoms with Gasteiger partial charge in [0.1, 0.15) is 5.69 Å². The van der Waals surface area contributed by atoms with Gasteiger partial charge in [-0.1, -0.05) is 6.92 Å². The SMILES string of the molecule is CC(CN1CCCC1)CN1C(=O)c2cc(N)c([N+](=O)[O-])cc2C1=O. The summed E-state index contributed by atoms with van der Waals surface area (Å²) in [4.78, 5) is 38.8. The Morgan fingerprint density at radius 1 is 1.17 bits per heavy atom. The van der Waals surface area contributed by atoms with E-state index in [0.717, 1.165) is 25.7 Å². The van der Waals surface area contributed by atoms with Gasteiger partial charge >= 0.3 is 0 Å². The third kappa shape index (κ3) is 2.84. The number of imide groups is 1. The Morgan fingerprint density at radius 2 is 1.75 bits per heavy atom. The molecule has 1 unspecified atom stereocenters. The van der Waals surface area contributed by atoms with Crippen LogP contribution in [0.15, 0.2) is 12.1 Å². The highest BCUT2D eigenvalue weighted by molar-refractivity contribution is 6.22. The van der Waals surface area contributed by atoms with E-state index in [2.05, 4.69) is 4.90 Å². The Bertz CT molecular complexity index is 712. The van der Waals surface area contributed by atoms with Gasteiger partial charge in [0.2, 0.25) is 0 Å². The number of benzene rings is 1. The lowest BCUT2D eigenvalue weighted by atomic mass is 10.1. The Kier molecular flexibility index (Phi) is 4.23.